The highest BCUT2D eigenvalue weighted by molar-refractivity contribution is 4.88. The van der Waals surface area contributed by atoms with E-state index in [1.807, 2.05) is 0 Å². The van der Waals surface area contributed by atoms with Crippen LogP contribution in [0, 0.1) is 0 Å². The van der Waals surface area contributed by atoms with Crippen molar-refractivity contribution in [2.45, 2.75) is 37.8 Å². The Morgan fingerprint density at radius 1 is 1.17 bits per heavy atom. The fourth-order valence-electron chi connectivity index (χ4n) is 3.15. The second-order valence-electron chi connectivity index (χ2n) is 5.97. The van der Waals surface area contributed by atoms with E-state index in [-0.39, 0.29) is 0 Å². The van der Waals surface area contributed by atoms with Gasteiger partial charge in [-0.15, -0.1) is 0 Å². The lowest BCUT2D eigenvalue weighted by molar-refractivity contribution is 0.0325. The van der Waals surface area contributed by atoms with Crippen LogP contribution in [0.1, 0.15) is 25.7 Å². The van der Waals surface area contributed by atoms with Gasteiger partial charge in [0.05, 0.1) is 13.2 Å². The highest BCUT2D eigenvalue weighted by Crippen LogP contribution is 2.27. The van der Waals surface area contributed by atoms with Crippen LogP contribution in [0.5, 0.6) is 0 Å². The van der Waals surface area contributed by atoms with Crippen LogP contribution < -0.4 is 5.32 Å². The summed E-state index contributed by atoms with van der Waals surface area (Å²) in [5.74, 6) is 0. The summed E-state index contributed by atoms with van der Waals surface area (Å²) in [7, 11) is 0. The van der Waals surface area contributed by atoms with Gasteiger partial charge in [0.2, 0.25) is 0 Å². The lowest BCUT2D eigenvalue weighted by atomic mass is 10.2. The number of nitrogens with zero attached hydrogens (tertiary/aromatic N) is 2. The molecule has 0 aromatic carbocycles. The molecule has 1 N–H and O–H groups in total. The molecule has 1 atom stereocenters. The molecule has 0 radical (unpaired) electrons. The molecule has 1 unspecified atom stereocenters. The van der Waals surface area contributed by atoms with Gasteiger partial charge in [-0.25, -0.2) is 0 Å². The summed E-state index contributed by atoms with van der Waals surface area (Å²) < 4.78 is 5.41. The van der Waals surface area contributed by atoms with Crippen LogP contribution in [-0.2, 0) is 4.74 Å². The van der Waals surface area contributed by atoms with E-state index < -0.39 is 0 Å². The van der Waals surface area contributed by atoms with Gasteiger partial charge in [0, 0.05) is 44.8 Å². The molecule has 3 fully saturated rings. The molecule has 0 aromatic rings. The molecule has 2 saturated heterocycles. The molecular formula is C14H27N3O. The first-order valence-electron chi connectivity index (χ1n) is 7.69. The molecule has 3 aliphatic rings. The number of ether oxygens (including phenoxy) is 1. The lowest BCUT2D eigenvalue weighted by Gasteiger charge is -2.31. The smallest absolute Gasteiger partial charge is 0.0594 e. The summed E-state index contributed by atoms with van der Waals surface area (Å²) in [5, 5.41) is 3.63. The van der Waals surface area contributed by atoms with Crippen molar-refractivity contribution < 1.29 is 4.74 Å². The van der Waals surface area contributed by atoms with E-state index in [4.69, 9.17) is 4.74 Å². The highest BCUT2D eigenvalue weighted by atomic mass is 16.5. The molecule has 1 saturated carbocycles. The van der Waals surface area contributed by atoms with Gasteiger partial charge in [-0.05, 0) is 32.2 Å². The number of nitrogens with one attached hydrogen (secondary N) is 1. The first kappa shape index (κ1) is 12.9. The summed E-state index contributed by atoms with van der Waals surface area (Å²) in [6, 6.07) is 1.66. The summed E-state index contributed by atoms with van der Waals surface area (Å²) >= 11 is 0. The zero-order valence-electron chi connectivity index (χ0n) is 11.4. The van der Waals surface area contributed by atoms with Crippen LogP contribution in [0.15, 0.2) is 0 Å². The fourth-order valence-corrected chi connectivity index (χ4v) is 3.15. The maximum Gasteiger partial charge on any atom is 0.0594 e. The summed E-state index contributed by atoms with van der Waals surface area (Å²) in [4.78, 5) is 5.29. The Labute approximate surface area is 111 Å². The number of hydrogen-bond donors (Lipinski definition) is 1. The quantitative estimate of drug-likeness (QED) is 0.747. The second kappa shape index (κ2) is 6.33. The van der Waals surface area contributed by atoms with Gasteiger partial charge in [0.15, 0.2) is 0 Å². The third-order valence-corrected chi connectivity index (χ3v) is 4.49. The van der Waals surface area contributed by atoms with Crippen molar-refractivity contribution in [1.29, 1.82) is 0 Å². The first-order valence-corrected chi connectivity index (χ1v) is 7.69. The largest absolute Gasteiger partial charge is 0.379 e. The van der Waals surface area contributed by atoms with Crippen LogP contribution in [0.4, 0.5) is 0 Å². The van der Waals surface area contributed by atoms with Crippen molar-refractivity contribution in [2.75, 3.05) is 52.5 Å². The zero-order chi connectivity index (χ0) is 12.2. The van der Waals surface area contributed by atoms with E-state index in [0.717, 1.165) is 38.4 Å². The van der Waals surface area contributed by atoms with Gasteiger partial charge < -0.3 is 10.1 Å². The van der Waals surface area contributed by atoms with Gasteiger partial charge in [0.25, 0.3) is 0 Å². The molecule has 2 aliphatic heterocycles. The highest BCUT2D eigenvalue weighted by Gasteiger charge is 2.31. The minimum absolute atomic E-state index is 0.760. The molecule has 4 nitrogen and oxygen atoms in total. The van der Waals surface area contributed by atoms with E-state index in [1.165, 1.54) is 51.9 Å². The normalized spacial score (nSPS) is 30.2. The predicted octanol–water partition coefficient (Wildman–Crippen LogP) is 0.535. The Balaban J connectivity index is 1.41. The summed E-state index contributed by atoms with van der Waals surface area (Å²) in [6.45, 7) is 9.08. The summed E-state index contributed by atoms with van der Waals surface area (Å²) in [5.41, 5.74) is 0. The molecule has 104 valence electrons. The molecule has 0 spiro atoms. The Hall–Kier alpha value is -0.160. The molecule has 4 heteroatoms. The Bertz CT molecular complexity index is 245. The van der Waals surface area contributed by atoms with Gasteiger partial charge >= 0.3 is 0 Å². The van der Waals surface area contributed by atoms with E-state index in [2.05, 4.69) is 15.1 Å². The first-order chi connectivity index (χ1) is 8.92. The summed E-state index contributed by atoms with van der Waals surface area (Å²) in [6.07, 6.45) is 5.60. The van der Waals surface area contributed by atoms with Crippen molar-refractivity contribution in [3.63, 3.8) is 0 Å². The topological polar surface area (TPSA) is 27.7 Å². The second-order valence-corrected chi connectivity index (χ2v) is 5.97. The minimum atomic E-state index is 0.760. The number of morpholine rings is 1. The van der Waals surface area contributed by atoms with Crippen molar-refractivity contribution in [2.24, 2.45) is 0 Å². The Morgan fingerprint density at radius 3 is 2.67 bits per heavy atom. The third-order valence-electron chi connectivity index (χ3n) is 4.49. The van der Waals surface area contributed by atoms with Crippen LogP contribution in [0.3, 0.4) is 0 Å². The lowest BCUT2D eigenvalue weighted by Crippen LogP contribution is -2.45. The van der Waals surface area contributed by atoms with E-state index >= 15 is 0 Å². The Kier molecular flexibility index (Phi) is 4.52. The van der Waals surface area contributed by atoms with E-state index in [0.29, 0.717) is 0 Å². The van der Waals surface area contributed by atoms with Crippen molar-refractivity contribution in [3.05, 3.63) is 0 Å². The maximum atomic E-state index is 5.41. The number of hydrogen-bond acceptors (Lipinski definition) is 4. The SMILES string of the molecule is C1CNC(CN(CCN2CCOCC2)C2CC2)C1. The molecule has 0 bridgehead atoms. The van der Waals surface area contributed by atoms with Crippen LogP contribution in [0.2, 0.25) is 0 Å². The van der Waals surface area contributed by atoms with E-state index in [1.54, 1.807) is 0 Å². The molecule has 18 heavy (non-hydrogen) atoms. The average Bonchev–Trinajstić information content (AvgIpc) is 3.13. The van der Waals surface area contributed by atoms with Gasteiger partial charge in [0.1, 0.15) is 0 Å². The van der Waals surface area contributed by atoms with Gasteiger partial charge in [-0.1, -0.05) is 0 Å². The monoisotopic (exact) mass is 253 g/mol. The Morgan fingerprint density at radius 2 is 2.00 bits per heavy atom. The average molecular weight is 253 g/mol. The van der Waals surface area contributed by atoms with Gasteiger partial charge in [-0.2, -0.15) is 0 Å². The van der Waals surface area contributed by atoms with E-state index in [9.17, 15) is 0 Å². The maximum absolute atomic E-state index is 5.41. The van der Waals surface area contributed by atoms with Gasteiger partial charge in [-0.3, -0.25) is 9.80 Å². The minimum Gasteiger partial charge on any atom is -0.379 e. The van der Waals surface area contributed by atoms with Crippen molar-refractivity contribution in [3.8, 4) is 0 Å². The molecular weight excluding hydrogens is 226 g/mol. The molecule has 3 rings (SSSR count). The molecule has 0 amide bonds. The standard InChI is InChI=1S/C14H27N3O/c1-2-13(15-5-1)12-17(14-3-4-14)7-6-16-8-10-18-11-9-16/h13-15H,1-12H2. The molecule has 0 aromatic heterocycles. The van der Waals surface area contributed by atoms with Crippen molar-refractivity contribution in [1.82, 2.24) is 15.1 Å². The third kappa shape index (κ3) is 3.67. The fraction of sp³-hybridized carbons (Fsp3) is 1.00. The van der Waals surface area contributed by atoms with Crippen molar-refractivity contribution >= 4 is 0 Å². The number of rotatable bonds is 6. The van der Waals surface area contributed by atoms with Crippen LogP contribution >= 0.6 is 0 Å². The van der Waals surface area contributed by atoms with Crippen LogP contribution in [-0.4, -0.2) is 74.4 Å². The molecule has 1 aliphatic carbocycles. The van der Waals surface area contributed by atoms with Crippen LogP contribution in [0.25, 0.3) is 0 Å². The predicted molar refractivity (Wildman–Crippen MR) is 72.9 cm³/mol. The zero-order valence-corrected chi connectivity index (χ0v) is 11.4. The molecule has 2 heterocycles.